The molecule has 5 nitrogen and oxygen atoms in total. The Balaban J connectivity index is 0.00000288. The number of rotatable bonds is 7. The molecule has 6 heteroatoms. The minimum absolute atomic E-state index is 0. The number of ether oxygens (including phenoxy) is 2. The molecule has 2 N–H and O–H groups in total. The zero-order valence-electron chi connectivity index (χ0n) is 14.7. The van der Waals surface area contributed by atoms with Gasteiger partial charge >= 0.3 is 0 Å². The minimum Gasteiger partial charge on any atom is -0.385 e. The van der Waals surface area contributed by atoms with Crippen LogP contribution in [0.1, 0.15) is 24.8 Å². The third kappa shape index (κ3) is 6.22. The summed E-state index contributed by atoms with van der Waals surface area (Å²) in [6.45, 7) is 4.11. The van der Waals surface area contributed by atoms with Gasteiger partial charge < -0.3 is 20.1 Å². The van der Waals surface area contributed by atoms with Gasteiger partial charge in [-0.1, -0.05) is 30.3 Å². The summed E-state index contributed by atoms with van der Waals surface area (Å²) < 4.78 is 10.7. The molecule has 0 bridgehead atoms. The second-order valence-electron chi connectivity index (χ2n) is 5.96. The highest BCUT2D eigenvalue weighted by atomic mass is 127. The molecule has 24 heavy (non-hydrogen) atoms. The molecule has 0 radical (unpaired) electrons. The van der Waals surface area contributed by atoms with Crippen molar-refractivity contribution in [1.29, 1.82) is 0 Å². The fourth-order valence-corrected chi connectivity index (χ4v) is 3.02. The zero-order chi connectivity index (χ0) is 16.4. The molecule has 1 aromatic rings. The summed E-state index contributed by atoms with van der Waals surface area (Å²) in [4.78, 5) is 4.32. The van der Waals surface area contributed by atoms with Crippen LogP contribution in [0.3, 0.4) is 0 Å². The van der Waals surface area contributed by atoms with Gasteiger partial charge in [0, 0.05) is 52.5 Å². The molecule has 2 rings (SSSR count). The highest BCUT2D eigenvalue weighted by molar-refractivity contribution is 14.0. The van der Waals surface area contributed by atoms with E-state index in [0.29, 0.717) is 0 Å². The lowest BCUT2D eigenvalue weighted by Crippen LogP contribution is -2.48. The van der Waals surface area contributed by atoms with Crippen molar-refractivity contribution in [2.45, 2.75) is 24.7 Å². The first-order valence-electron chi connectivity index (χ1n) is 8.37. The van der Waals surface area contributed by atoms with Gasteiger partial charge in [0.25, 0.3) is 0 Å². The van der Waals surface area contributed by atoms with Crippen LogP contribution in [-0.2, 0) is 14.9 Å². The molecule has 1 fully saturated rings. The van der Waals surface area contributed by atoms with Gasteiger partial charge in [0.2, 0.25) is 0 Å². The van der Waals surface area contributed by atoms with Crippen LogP contribution >= 0.6 is 24.0 Å². The number of hydrogen-bond donors (Lipinski definition) is 2. The summed E-state index contributed by atoms with van der Waals surface area (Å²) in [6, 6.07) is 10.7. The summed E-state index contributed by atoms with van der Waals surface area (Å²) in [7, 11) is 3.53. The van der Waals surface area contributed by atoms with E-state index in [-0.39, 0.29) is 29.4 Å². The molecule has 0 spiro atoms. The van der Waals surface area contributed by atoms with Crippen LogP contribution in [0, 0.1) is 0 Å². The number of aliphatic imine (C=N–C) groups is 1. The molecule has 0 aliphatic carbocycles. The lowest BCUT2D eigenvalue weighted by atomic mass is 9.74. The van der Waals surface area contributed by atoms with Crippen molar-refractivity contribution in [3.05, 3.63) is 35.9 Å². The highest BCUT2D eigenvalue weighted by Crippen LogP contribution is 2.34. The van der Waals surface area contributed by atoms with E-state index in [2.05, 4.69) is 46.0 Å². The minimum atomic E-state index is 0. The van der Waals surface area contributed by atoms with E-state index in [4.69, 9.17) is 9.47 Å². The van der Waals surface area contributed by atoms with Crippen LogP contribution < -0.4 is 10.6 Å². The van der Waals surface area contributed by atoms with E-state index in [1.165, 1.54) is 5.56 Å². The van der Waals surface area contributed by atoms with E-state index in [1.807, 2.05) is 7.05 Å². The second kappa shape index (κ2) is 11.7. The molecule has 136 valence electrons. The maximum absolute atomic E-state index is 5.58. The topological polar surface area (TPSA) is 54.9 Å². The van der Waals surface area contributed by atoms with Gasteiger partial charge in [-0.3, -0.25) is 4.99 Å². The van der Waals surface area contributed by atoms with Gasteiger partial charge in [-0.25, -0.2) is 0 Å². The van der Waals surface area contributed by atoms with E-state index in [9.17, 15) is 0 Å². The highest BCUT2D eigenvalue weighted by Gasteiger charge is 2.34. The van der Waals surface area contributed by atoms with Crippen molar-refractivity contribution in [3.8, 4) is 0 Å². The van der Waals surface area contributed by atoms with Crippen molar-refractivity contribution in [2.75, 3.05) is 47.1 Å². The van der Waals surface area contributed by atoms with Crippen molar-refractivity contribution in [1.82, 2.24) is 10.6 Å². The summed E-state index contributed by atoms with van der Waals surface area (Å²) in [5.41, 5.74) is 1.49. The number of hydrogen-bond acceptors (Lipinski definition) is 3. The Hall–Kier alpha value is -0.860. The Morgan fingerprint density at radius 1 is 1.21 bits per heavy atom. The van der Waals surface area contributed by atoms with Gasteiger partial charge in [0.05, 0.1) is 0 Å². The standard InChI is InChI=1S/C18H29N3O2.HI/c1-19-17(20-11-6-12-22-2)21-15-18(9-13-23-14-10-18)16-7-4-3-5-8-16;/h3-5,7-8H,6,9-15H2,1-2H3,(H2,19,20,21);1H. The number of nitrogens with one attached hydrogen (secondary N) is 2. The normalized spacial score (nSPS) is 17.0. The molecular weight excluding hydrogens is 417 g/mol. The molecule has 0 amide bonds. The molecule has 1 aliphatic heterocycles. The number of methoxy groups -OCH3 is 1. The van der Waals surface area contributed by atoms with E-state index >= 15 is 0 Å². The molecule has 0 unspecified atom stereocenters. The van der Waals surface area contributed by atoms with Crippen LogP contribution in [0.15, 0.2) is 35.3 Å². The molecule has 1 heterocycles. The Labute approximate surface area is 162 Å². The van der Waals surface area contributed by atoms with Crippen molar-refractivity contribution in [3.63, 3.8) is 0 Å². The number of benzene rings is 1. The predicted molar refractivity (Wildman–Crippen MR) is 109 cm³/mol. The first-order chi connectivity index (χ1) is 11.3. The van der Waals surface area contributed by atoms with E-state index < -0.39 is 0 Å². The monoisotopic (exact) mass is 447 g/mol. The average molecular weight is 447 g/mol. The first kappa shape index (κ1) is 21.2. The van der Waals surface area contributed by atoms with Crippen LogP contribution in [0.4, 0.5) is 0 Å². The van der Waals surface area contributed by atoms with Crippen LogP contribution in [0.5, 0.6) is 0 Å². The molecule has 1 saturated heterocycles. The Bertz CT molecular complexity index is 476. The first-order valence-corrected chi connectivity index (χ1v) is 8.37. The SMILES string of the molecule is CN=C(NCCCOC)NCC1(c2ccccc2)CCOCC1.I. The number of guanidine groups is 1. The van der Waals surface area contributed by atoms with Crippen LogP contribution in [-0.4, -0.2) is 53.0 Å². The van der Waals surface area contributed by atoms with Crippen molar-refractivity contribution in [2.24, 2.45) is 4.99 Å². The molecule has 1 aromatic carbocycles. The lowest BCUT2D eigenvalue weighted by Gasteiger charge is -2.38. The van der Waals surface area contributed by atoms with Gasteiger partial charge in [-0.15, -0.1) is 24.0 Å². The summed E-state index contributed by atoms with van der Waals surface area (Å²) in [5.74, 6) is 0.850. The molecule has 0 aromatic heterocycles. The van der Waals surface area contributed by atoms with Crippen molar-refractivity contribution < 1.29 is 9.47 Å². The fourth-order valence-electron chi connectivity index (χ4n) is 3.02. The Kier molecular flexibility index (Phi) is 10.3. The Morgan fingerprint density at radius 3 is 2.54 bits per heavy atom. The van der Waals surface area contributed by atoms with E-state index in [0.717, 1.165) is 58.1 Å². The number of nitrogens with zero attached hydrogens (tertiary/aromatic N) is 1. The maximum atomic E-state index is 5.58. The smallest absolute Gasteiger partial charge is 0.191 e. The quantitative estimate of drug-likeness (QED) is 0.292. The van der Waals surface area contributed by atoms with Gasteiger partial charge in [-0.05, 0) is 24.8 Å². The number of halogens is 1. The van der Waals surface area contributed by atoms with E-state index in [1.54, 1.807) is 7.11 Å². The summed E-state index contributed by atoms with van der Waals surface area (Å²) >= 11 is 0. The second-order valence-corrected chi connectivity index (χ2v) is 5.96. The van der Waals surface area contributed by atoms with Crippen LogP contribution in [0.25, 0.3) is 0 Å². The average Bonchev–Trinajstić information content (AvgIpc) is 2.63. The Morgan fingerprint density at radius 2 is 1.92 bits per heavy atom. The summed E-state index contributed by atoms with van der Waals surface area (Å²) in [6.07, 6.45) is 3.03. The van der Waals surface area contributed by atoms with Crippen molar-refractivity contribution >= 4 is 29.9 Å². The molecule has 0 saturated carbocycles. The van der Waals surface area contributed by atoms with Gasteiger partial charge in [-0.2, -0.15) is 0 Å². The molecule has 1 aliphatic rings. The third-order valence-corrected chi connectivity index (χ3v) is 4.47. The third-order valence-electron chi connectivity index (χ3n) is 4.47. The largest absolute Gasteiger partial charge is 0.385 e. The maximum Gasteiger partial charge on any atom is 0.191 e. The fraction of sp³-hybridized carbons (Fsp3) is 0.611. The molecular formula is C18H30IN3O2. The van der Waals surface area contributed by atoms with Crippen LogP contribution in [0.2, 0.25) is 0 Å². The van der Waals surface area contributed by atoms with Gasteiger partial charge in [0.15, 0.2) is 5.96 Å². The predicted octanol–water partition coefficient (Wildman–Crippen LogP) is 2.55. The van der Waals surface area contributed by atoms with Gasteiger partial charge in [0.1, 0.15) is 0 Å². The summed E-state index contributed by atoms with van der Waals surface area (Å²) in [5, 5.41) is 6.84. The molecule has 0 atom stereocenters. The lowest BCUT2D eigenvalue weighted by molar-refractivity contribution is 0.0514. The zero-order valence-corrected chi connectivity index (χ0v) is 17.0.